The lowest BCUT2D eigenvalue weighted by Gasteiger charge is -2.18. The van der Waals surface area contributed by atoms with Crippen LogP contribution >= 0.6 is 12.2 Å². The Bertz CT molecular complexity index is 434. The van der Waals surface area contributed by atoms with E-state index in [1.807, 2.05) is 23.3 Å². The van der Waals surface area contributed by atoms with E-state index in [0.717, 1.165) is 31.8 Å². The zero-order valence-electron chi connectivity index (χ0n) is 11.4. The minimum Gasteiger partial charge on any atom is -0.343 e. The number of amides is 1. The second-order valence-electron chi connectivity index (χ2n) is 4.16. The Kier molecular flexibility index (Phi) is 6.04. The summed E-state index contributed by atoms with van der Waals surface area (Å²) in [5, 5.41) is 6.98. The summed E-state index contributed by atoms with van der Waals surface area (Å²) < 4.78 is 2.53. The Balaban J connectivity index is 2.65. The van der Waals surface area contributed by atoms with Gasteiger partial charge in [-0.3, -0.25) is 9.89 Å². The van der Waals surface area contributed by atoms with Crippen LogP contribution in [0.4, 0.5) is 0 Å². The van der Waals surface area contributed by atoms with Crippen molar-refractivity contribution in [2.24, 2.45) is 0 Å². The molecule has 0 fully saturated rings. The van der Waals surface area contributed by atoms with E-state index in [1.165, 1.54) is 0 Å². The zero-order chi connectivity index (χ0) is 13.5. The Morgan fingerprint density at radius 3 is 2.61 bits per heavy atom. The van der Waals surface area contributed by atoms with E-state index in [9.17, 15) is 4.79 Å². The van der Waals surface area contributed by atoms with Crippen molar-refractivity contribution < 1.29 is 4.79 Å². The molecule has 0 unspecified atom stereocenters. The first kappa shape index (κ1) is 14.9. The van der Waals surface area contributed by atoms with Gasteiger partial charge in [0, 0.05) is 32.5 Å². The van der Waals surface area contributed by atoms with Gasteiger partial charge in [0.2, 0.25) is 5.91 Å². The van der Waals surface area contributed by atoms with Crippen molar-refractivity contribution >= 4 is 18.1 Å². The van der Waals surface area contributed by atoms with Crippen molar-refractivity contribution in [2.75, 3.05) is 13.1 Å². The highest BCUT2D eigenvalue weighted by atomic mass is 32.1. The van der Waals surface area contributed by atoms with Crippen molar-refractivity contribution in [3.63, 3.8) is 0 Å². The summed E-state index contributed by atoms with van der Waals surface area (Å²) >= 11 is 5.18. The summed E-state index contributed by atoms with van der Waals surface area (Å²) in [7, 11) is 0. The van der Waals surface area contributed by atoms with E-state index >= 15 is 0 Å². The fourth-order valence-electron chi connectivity index (χ4n) is 1.94. The molecule has 1 heterocycles. The van der Waals surface area contributed by atoms with Gasteiger partial charge in [-0.05, 0) is 32.5 Å². The first-order valence-electron chi connectivity index (χ1n) is 6.55. The molecule has 0 spiro atoms. The number of H-pyrrole nitrogens is 1. The van der Waals surface area contributed by atoms with Crippen molar-refractivity contribution in [3.05, 3.63) is 10.6 Å². The highest BCUT2D eigenvalue weighted by Gasteiger charge is 2.11. The number of carbonyl (C=O) groups is 1. The van der Waals surface area contributed by atoms with E-state index in [2.05, 4.69) is 17.1 Å². The van der Waals surface area contributed by atoms with Crippen molar-refractivity contribution in [3.8, 4) is 0 Å². The normalized spacial score (nSPS) is 10.6. The van der Waals surface area contributed by atoms with Gasteiger partial charge in [-0.1, -0.05) is 6.92 Å². The van der Waals surface area contributed by atoms with Gasteiger partial charge < -0.3 is 9.47 Å². The fourth-order valence-corrected chi connectivity index (χ4v) is 2.18. The maximum absolute atomic E-state index is 11.9. The summed E-state index contributed by atoms with van der Waals surface area (Å²) in [6, 6.07) is 0. The average Bonchev–Trinajstić information content (AvgIpc) is 2.70. The van der Waals surface area contributed by atoms with Crippen LogP contribution in [-0.2, 0) is 17.8 Å². The minimum atomic E-state index is 0.172. The molecule has 0 aliphatic carbocycles. The Morgan fingerprint density at radius 2 is 2.06 bits per heavy atom. The number of rotatable bonds is 7. The van der Waals surface area contributed by atoms with Crippen molar-refractivity contribution in [1.82, 2.24) is 19.7 Å². The summed E-state index contributed by atoms with van der Waals surface area (Å²) in [6.07, 6.45) is 2.38. The second-order valence-corrected chi connectivity index (χ2v) is 4.55. The molecule has 6 heteroatoms. The molecule has 0 aliphatic rings. The van der Waals surface area contributed by atoms with Crippen LogP contribution in [0.15, 0.2) is 0 Å². The SMILES string of the molecule is CCCc1n[nH]c(=S)n1CCC(=O)N(CC)CC. The van der Waals surface area contributed by atoms with Gasteiger partial charge >= 0.3 is 0 Å². The van der Waals surface area contributed by atoms with Crippen LogP contribution in [0, 0.1) is 4.77 Å². The number of hydrogen-bond acceptors (Lipinski definition) is 3. The van der Waals surface area contributed by atoms with Crippen LogP contribution in [0.2, 0.25) is 0 Å². The fraction of sp³-hybridized carbons (Fsp3) is 0.750. The summed E-state index contributed by atoms with van der Waals surface area (Å²) in [4.78, 5) is 13.8. The zero-order valence-corrected chi connectivity index (χ0v) is 12.2. The number of nitrogens with zero attached hydrogens (tertiary/aromatic N) is 3. The highest BCUT2D eigenvalue weighted by molar-refractivity contribution is 7.71. The molecule has 1 rings (SSSR count). The number of carbonyl (C=O) groups excluding carboxylic acids is 1. The predicted octanol–water partition coefficient (Wildman–Crippen LogP) is 2.15. The topological polar surface area (TPSA) is 53.9 Å². The molecule has 0 aliphatic heterocycles. The summed E-state index contributed by atoms with van der Waals surface area (Å²) in [6.45, 7) is 8.21. The van der Waals surface area contributed by atoms with E-state index in [-0.39, 0.29) is 5.91 Å². The van der Waals surface area contributed by atoms with Gasteiger partial charge in [-0.25, -0.2) is 0 Å². The molecule has 0 saturated carbocycles. The predicted molar refractivity (Wildman–Crippen MR) is 74.0 cm³/mol. The second kappa shape index (κ2) is 7.31. The monoisotopic (exact) mass is 270 g/mol. The molecule has 0 aromatic carbocycles. The van der Waals surface area contributed by atoms with Crippen LogP contribution in [-0.4, -0.2) is 38.7 Å². The third-order valence-electron chi connectivity index (χ3n) is 2.98. The van der Waals surface area contributed by atoms with Gasteiger partial charge in [0.05, 0.1) is 0 Å². The molecular formula is C12H22N4OS. The third-order valence-corrected chi connectivity index (χ3v) is 3.29. The molecule has 5 nitrogen and oxygen atoms in total. The number of aromatic amines is 1. The van der Waals surface area contributed by atoms with E-state index in [4.69, 9.17) is 12.2 Å². The number of nitrogens with one attached hydrogen (secondary N) is 1. The first-order valence-corrected chi connectivity index (χ1v) is 6.96. The quantitative estimate of drug-likeness (QED) is 0.772. The van der Waals surface area contributed by atoms with E-state index < -0.39 is 0 Å². The molecule has 1 aromatic heterocycles. The van der Waals surface area contributed by atoms with Gasteiger partial charge in [0.1, 0.15) is 5.82 Å². The Labute approximate surface area is 113 Å². The number of aryl methyl sites for hydroxylation is 1. The van der Waals surface area contributed by atoms with Crippen molar-refractivity contribution in [2.45, 2.75) is 46.6 Å². The van der Waals surface area contributed by atoms with Crippen LogP contribution in [0.5, 0.6) is 0 Å². The van der Waals surface area contributed by atoms with Crippen LogP contribution < -0.4 is 0 Å². The maximum Gasteiger partial charge on any atom is 0.224 e. The number of hydrogen-bond donors (Lipinski definition) is 1. The molecule has 0 atom stereocenters. The molecule has 1 N–H and O–H groups in total. The molecule has 0 saturated heterocycles. The number of aromatic nitrogens is 3. The lowest BCUT2D eigenvalue weighted by atomic mass is 10.3. The van der Waals surface area contributed by atoms with Crippen LogP contribution in [0.3, 0.4) is 0 Å². The molecule has 0 radical (unpaired) electrons. The summed E-state index contributed by atoms with van der Waals surface area (Å²) in [5.41, 5.74) is 0. The van der Waals surface area contributed by atoms with Gasteiger partial charge in [0.25, 0.3) is 0 Å². The van der Waals surface area contributed by atoms with Crippen LogP contribution in [0.25, 0.3) is 0 Å². The Morgan fingerprint density at radius 1 is 1.39 bits per heavy atom. The van der Waals surface area contributed by atoms with E-state index in [0.29, 0.717) is 17.7 Å². The molecule has 0 bridgehead atoms. The molecule has 102 valence electrons. The molecule has 1 aromatic rings. The lowest BCUT2D eigenvalue weighted by molar-refractivity contribution is -0.131. The van der Waals surface area contributed by atoms with Crippen LogP contribution in [0.1, 0.15) is 39.4 Å². The average molecular weight is 270 g/mol. The highest BCUT2D eigenvalue weighted by Crippen LogP contribution is 2.04. The Hall–Kier alpha value is -1.17. The van der Waals surface area contributed by atoms with Gasteiger partial charge in [0.15, 0.2) is 4.77 Å². The minimum absolute atomic E-state index is 0.172. The smallest absolute Gasteiger partial charge is 0.224 e. The van der Waals surface area contributed by atoms with Crippen molar-refractivity contribution in [1.29, 1.82) is 0 Å². The molecule has 18 heavy (non-hydrogen) atoms. The van der Waals surface area contributed by atoms with Gasteiger partial charge in [-0.2, -0.15) is 5.10 Å². The maximum atomic E-state index is 11.9. The van der Waals surface area contributed by atoms with Gasteiger partial charge in [-0.15, -0.1) is 0 Å². The molecular weight excluding hydrogens is 248 g/mol. The largest absolute Gasteiger partial charge is 0.343 e. The van der Waals surface area contributed by atoms with E-state index in [1.54, 1.807) is 0 Å². The lowest BCUT2D eigenvalue weighted by Crippen LogP contribution is -2.31. The summed E-state index contributed by atoms with van der Waals surface area (Å²) in [5.74, 6) is 1.11. The third kappa shape index (κ3) is 3.66. The molecule has 1 amide bonds. The standard InChI is InChI=1S/C12H22N4OS/c1-4-7-10-13-14-12(18)16(10)9-8-11(17)15(5-2)6-3/h4-9H2,1-3H3,(H,14,18). The first-order chi connectivity index (χ1) is 8.63.